The van der Waals surface area contributed by atoms with E-state index in [4.69, 9.17) is 0 Å². The second-order valence-electron chi connectivity index (χ2n) is 5.32. The Labute approximate surface area is 117 Å². The lowest BCUT2D eigenvalue weighted by Crippen LogP contribution is -2.34. The summed E-state index contributed by atoms with van der Waals surface area (Å²) >= 11 is 3.18. The summed E-state index contributed by atoms with van der Waals surface area (Å²) < 4.78 is 13.9. The molecule has 3 heteroatoms. The topological polar surface area (TPSA) is 12.0 Å². The normalized spacial score (nSPS) is 18.8. The molecule has 1 saturated carbocycles. The lowest BCUT2D eigenvalue weighted by molar-refractivity contribution is 0.280. The fraction of sp³-hybridized carbons (Fsp3) is 0.600. The molecular formula is C15H21BrFN. The highest BCUT2D eigenvalue weighted by atomic mass is 79.9. The van der Waals surface area contributed by atoms with Crippen molar-refractivity contribution >= 4 is 15.9 Å². The van der Waals surface area contributed by atoms with Gasteiger partial charge in [0.15, 0.2) is 0 Å². The predicted molar refractivity (Wildman–Crippen MR) is 77.0 cm³/mol. The Balaban J connectivity index is 1.84. The third-order valence-corrected chi connectivity index (χ3v) is 4.61. The molecule has 0 aliphatic heterocycles. The minimum atomic E-state index is -0.181. The molecule has 100 valence electrons. The van der Waals surface area contributed by atoms with Gasteiger partial charge in [0.1, 0.15) is 5.82 Å². The molecule has 0 heterocycles. The van der Waals surface area contributed by atoms with Crippen LogP contribution in [0.5, 0.6) is 0 Å². The van der Waals surface area contributed by atoms with Crippen LogP contribution in [-0.2, 0) is 6.54 Å². The first-order valence-corrected chi connectivity index (χ1v) is 7.63. The Morgan fingerprint density at radius 3 is 2.72 bits per heavy atom. The monoisotopic (exact) mass is 313 g/mol. The van der Waals surface area contributed by atoms with Crippen LogP contribution in [0.25, 0.3) is 0 Å². The van der Waals surface area contributed by atoms with E-state index in [1.807, 2.05) is 6.07 Å². The summed E-state index contributed by atoms with van der Waals surface area (Å²) in [6.45, 7) is 3.01. The fourth-order valence-corrected chi connectivity index (χ4v) is 2.98. The molecule has 1 nitrogen and oxygen atoms in total. The highest BCUT2D eigenvalue weighted by Crippen LogP contribution is 2.26. The molecule has 1 N–H and O–H groups in total. The predicted octanol–water partition coefficient (Wildman–Crippen LogP) is 4.65. The van der Waals surface area contributed by atoms with E-state index >= 15 is 0 Å². The van der Waals surface area contributed by atoms with E-state index in [-0.39, 0.29) is 5.82 Å². The van der Waals surface area contributed by atoms with Gasteiger partial charge < -0.3 is 5.32 Å². The van der Waals surface area contributed by atoms with Gasteiger partial charge in [-0.3, -0.25) is 0 Å². The largest absolute Gasteiger partial charge is 0.310 e. The second kappa shape index (κ2) is 6.67. The van der Waals surface area contributed by atoms with Gasteiger partial charge in [0.05, 0.1) is 4.47 Å². The lowest BCUT2D eigenvalue weighted by atomic mass is 9.84. The Kier molecular flexibility index (Phi) is 5.19. The molecule has 1 aromatic rings. The second-order valence-corrected chi connectivity index (χ2v) is 6.17. The zero-order valence-electron chi connectivity index (χ0n) is 10.9. The van der Waals surface area contributed by atoms with Crippen LogP contribution in [0.15, 0.2) is 22.7 Å². The van der Waals surface area contributed by atoms with Crippen LogP contribution in [0.1, 0.15) is 44.6 Å². The molecule has 2 rings (SSSR count). The van der Waals surface area contributed by atoms with Crippen LogP contribution in [0, 0.1) is 11.7 Å². The molecule has 0 amide bonds. The number of hydrogen-bond donors (Lipinski definition) is 1. The SMILES string of the molecule is C[C@H](NCc1ccc(Br)c(F)c1)C1CCCCC1. The maximum absolute atomic E-state index is 13.4. The number of hydrogen-bond acceptors (Lipinski definition) is 1. The maximum Gasteiger partial charge on any atom is 0.137 e. The van der Waals surface area contributed by atoms with E-state index in [0.29, 0.717) is 10.5 Å². The summed E-state index contributed by atoms with van der Waals surface area (Å²) in [6.07, 6.45) is 6.79. The van der Waals surface area contributed by atoms with Gasteiger partial charge in [0, 0.05) is 12.6 Å². The Bertz CT molecular complexity index is 388. The molecule has 1 aliphatic rings. The molecule has 1 aromatic carbocycles. The molecule has 0 bridgehead atoms. The highest BCUT2D eigenvalue weighted by Gasteiger charge is 2.19. The zero-order valence-corrected chi connectivity index (χ0v) is 12.5. The van der Waals surface area contributed by atoms with E-state index in [1.54, 1.807) is 12.1 Å². The van der Waals surface area contributed by atoms with Gasteiger partial charge in [0.2, 0.25) is 0 Å². The summed E-state index contributed by atoms with van der Waals surface area (Å²) in [5.74, 6) is 0.610. The van der Waals surface area contributed by atoms with Crippen molar-refractivity contribution in [1.29, 1.82) is 0 Å². The molecular weight excluding hydrogens is 293 g/mol. The van der Waals surface area contributed by atoms with Gasteiger partial charge in [-0.05, 0) is 59.3 Å². The van der Waals surface area contributed by atoms with Crippen molar-refractivity contribution in [2.45, 2.75) is 51.6 Å². The van der Waals surface area contributed by atoms with Gasteiger partial charge in [0.25, 0.3) is 0 Å². The Hall–Kier alpha value is -0.410. The van der Waals surface area contributed by atoms with E-state index in [9.17, 15) is 4.39 Å². The average molecular weight is 314 g/mol. The summed E-state index contributed by atoms with van der Waals surface area (Å²) in [5.41, 5.74) is 1.01. The standard InChI is InChI=1S/C15H21BrFN/c1-11(13-5-3-2-4-6-13)18-10-12-7-8-14(16)15(17)9-12/h7-9,11,13,18H,2-6,10H2,1H3/t11-/m0/s1. The first-order chi connectivity index (χ1) is 8.66. The molecule has 0 spiro atoms. The van der Waals surface area contributed by atoms with Crippen molar-refractivity contribution in [3.63, 3.8) is 0 Å². The van der Waals surface area contributed by atoms with Crippen molar-refractivity contribution < 1.29 is 4.39 Å². The third kappa shape index (κ3) is 3.79. The fourth-order valence-electron chi connectivity index (χ4n) is 2.73. The third-order valence-electron chi connectivity index (χ3n) is 3.97. The van der Waals surface area contributed by atoms with E-state index in [1.165, 1.54) is 32.1 Å². The number of nitrogens with one attached hydrogen (secondary N) is 1. The number of rotatable bonds is 4. The average Bonchev–Trinajstić information content (AvgIpc) is 2.41. The first kappa shape index (κ1) is 14.0. The van der Waals surface area contributed by atoms with Crippen LogP contribution in [0.4, 0.5) is 4.39 Å². The molecule has 0 unspecified atom stereocenters. The molecule has 0 saturated heterocycles. The summed E-state index contributed by atoms with van der Waals surface area (Å²) in [6, 6.07) is 5.87. The van der Waals surface area contributed by atoms with Crippen LogP contribution in [0.3, 0.4) is 0 Å². The zero-order chi connectivity index (χ0) is 13.0. The Morgan fingerprint density at radius 1 is 1.33 bits per heavy atom. The Morgan fingerprint density at radius 2 is 2.06 bits per heavy atom. The van der Waals surface area contributed by atoms with Gasteiger partial charge in [-0.15, -0.1) is 0 Å². The molecule has 1 aliphatic carbocycles. The van der Waals surface area contributed by atoms with Gasteiger partial charge in [-0.25, -0.2) is 4.39 Å². The molecule has 1 atom stereocenters. The van der Waals surface area contributed by atoms with Crippen molar-refractivity contribution in [3.8, 4) is 0 Å². The molecule has 18 heavy (non-hydrogen) atoms. The van der Waals surface area contributed by atoms with Crippen molar-refractivity contribution in [3.05, 3.63) is 34.1 Å². The van der Waals surface area contributed by atoms with Gasteiger partial charge in [-0.1, -0.05) is 25.3 Å². The summed E-state index contributed by atoms with van der Waals surface area (Å²) in [4.78, 5) is 0. The summed E-state index contributed by atoms with van der Waals surface area (Å²) in [5, 5.41) is 3.53. The highest BCUT2D eigenvalue weighted by molar-refractivity contribution is 9.10. The summed E-state index contributed by atoms with van der Waals surface area (Å²) in [7, 11) is 0. The maximum atomic E-state index is 13.4. The van der Waals surface area contributed by atoms with Crippen LogP contribution >= 0.6 is 15.9 Å². The molecule has 0 aromatic heterocycles. The van der Waals surface area contributed by atoms with Crippen LogP contribution in [-0.4, -0.2) is 6.04 Å². The minimum Gasteiger partial charge on any atom is -0.310 e. The first-order valence-electron chi connectivity index (χ1n) is 6.84. The molecule has 0 radical (unpaired) electrons. The van der Waals surface area contributed by atoms with Crippen molar-refractivity contribution in [1.82, 2.24) is 5.32 Å². The smallest absolute Gasteiger partial charge is 0.137 e. The van der Waals surface area contributed by atoms with Crippen molar-refractivity contribution in [2.24, 2.45) is 5.92 Å². The van der Waals surface area contributed by atoms with E-state index in [2.05, 4.69) is 28.2 Å². The number of benzene rings is 1. The lowest BCUT2D eigenvalue weighted by Gasteiger charge is -2.28. The van der Waals surface area contributed by atoms with Gasteiger partial charge >= 0.3 is 0 Å². The quantitative estimate of drug-likeness (QED) is 0.853. The minimum absolute atomic E-state index is 0.181. The van der Waals surface area contributed by atoms with E-state index in [0.717, 1.165) is 18.0 Å². The van der Waals surface area contributed by atoms with Crippen LogP contribution in [0.2, 0.25) is 0 Å². The van der Waals surface area contributed by atoms with E-state index < -0.39 is 0 Å². The van der Waals surface area contributed by atoms with Crippen LogP contribution < -0.4 is 5.32 Å². The molecule has 1 fully saturated rings. The van der Waals surface area contributed by atoms with Gasteiger partial charge in [-0.2, -0.15) is 0 Å². The van der Waals surface area contributed by atoms with Crippen molar-refractivity contribution in [2.75, 3.05) is 0 Å². The number of halogens is 2.